The highest BCUT2D eigenvalue weighted by molar-refractivity contribution is 6.04. The maximum atomic E-state index is 12.8. The largest absolute Gasteiger partial charge is 0.305 e. The van der Waals surface area contributed by atoms with Gasteiger partial charge in [0.1, 0.15) is 5.69 Å². The standard InChI is InChI=1S/C23H24N6O/c1-15-10-11-16(22(30)24-21-13-20(26-27-21)23(2,3)4)12-18(15)19-14-29(28-25-19)17-8-6-5-7-9-17/h5-14H,1-4H3,(H2,24,26,27,30). The lowest BCUT2D eigenvalue weighted by atomic mass is 9.92. The summed E-state index contributed by atoms with van der Waals surface area (Å²) in [5.41, 5.74) is 4.93. The van der Waals surface area contributed by atoms with E-state index in [1.54, 1.807) is 10.7 Å². The predicted octanol–water partition coefficient (Wildman–Crippen LogP) is 4.52. The summed E-state index contributed by atoms with van der Waals surface area (Å²) in [4.78, 5) is 12.8. The van der Waals surface area contributed by atoms with Crippen LogP contribution in [0.2, 0.25) is 0 Å². The smallest absolute Gasteiger partial charge is 0.256 e. The quantitative estimate of drug-likeness (QED) is 0.527. The Kier molecular flexibility index (Phi) is 4.95. The summed E-state index contributed by atoms with van der Waals surface area (Å²) < 4.78 is 1.72. The number of hydrogen-bond donors (Lipinski definition) is 2. The van der Waals surface area contributed by atoms with E-state index in [1.165, 1.54) is 0 Å². The maximum Gasteiger partial charge on any atom is 0.256 e. The van der Waals surface area contributed by atoms with Gasteiger partial charge in [-0.05, 0) is 36.8 Å². The number of aryl methyl sites for hydroxylation is 1. The van der Waals surface area contributed by atoms with E-state index in [2.05, 4.69) is 46.6 Å². The SMILES string of the molecule is Cc1ccc(C(=O)Nc2cc(C(C)(C)C)[nH]n2)cc1-c1cn(-c2ccccc2)nn1. The van der Waals surface area contributed by atoms with Crippen molar-refractivity contribution in [3.8, 4) is 16.9 Å². The molecule has 0 aliphatic heterocycles. The third-order valence-corrected chi connectivity index (χ3v) is 4.92. The fraction of sp³-hybridized carbons (Fsp3) is 0.217. The normalized spacial score (nSPS) is 11.5. The van der Waals surface area contributed by atoms with Gasteiger partial charge in [0.15, 0.2) is 5.82 Å². The predicted molar refractivity (Wildman–Crippen MR) is 117 cm³/mol. The molecule has 0 unspecified atom stereocenters. The molecule has 0 saturated carbocycles. The fourth-order valence-corrected chi connectivity index (χ4v) is 3.09. The number of carbonyl (C=O) groups is 1. The lowest BCUT2D eigenvalue weighted by Gasteiger charge is -2.14. The molecular formula is C23H24N6O. The number of anilines is 1. The van der Waals surface area contributed by atoms with Gasteiger partial charge in [0.2, 0.25) is 0 Å². The van der Waals surface area contributed by atoms with Crippen LogP contribution in [0.4, 0.5) is 5.82 Å². The molecule has 1 amide bonds. The first-order valence-electron chi connectivity index (χ1n) is 9.77. The van der Waals surface area contributed by atoms with E-state index < -0.39 is 0 Å². The molecule has 0 spiro atoms. The van der Waals surface area contributed by atoms with E-state index in [9.17, 15) is 4.79 Å². The monoisotopic (exact) mass is 400 g/mol. The summed E-state index contributed by atoms with van der Waals surface area (Å²) in [5, 5.41) is 18.6. The minimum absolute atomic E-state index is 0.0718. The Labute approximate surface area is 175 Å². The van der Waals surface area contributed by atoms with Crippen molar-refractivity contribution >= 4 is 11.7 Å². The summed E-state index contributed by atoms with van der Waals surface area (Å²) in [6.45, 7) is 8.24. The third kappa shape index (κ3) is 4.00. The average Bonchev–Trinajstić information content (AvgIpc) is 3.38. The van der Waals surface area contributed by atoms with Crippen molar-refractivity contribution in [2.45, 2.75) is 33.1 Å². The molecule has 2 N–H and O–H groups in total. The van der Waals surface area contributed by atoms with Gasteiger partial charge in [-0.3, -0.25) is 9.89 Å². The first kappa shape index (κ1) is 19.6. The van der Waals surface area contributed by atoms with Gasteiger partial charge >= 0.3 is 0 Å². The van der Waals surface area contributed by atoms with Crippen molar-refractivity contribution < 1.29 is 4.79 Å². The number of nitrogens with zero attached hydrogens (tertiary/aromatic N) is 4. The summed E-state index contributed by atoms with van der Waals surface area (Å²) in [6.07, 6.45) is 1.86. The molecule has 2 heterocycles. The van der Waals surface area contributed by atoms with Gasteiger partial charge in [-0.25, -0.2) is 4.68 Å². The number of carbonyl (C=O) groups excluding carboxylic acids is 1. The summed E-state index contributed by atoms with van der Waals surface area (Å²) >= 11 is 0. The topological polar surface area (TPSA) is 88.5 Å². The van der Waals surface area contributed by atoms with Gasteiger partial charge in [0.25, 0.3) is 5.91 Å². The lowest BCUT2D eigenvalue weighted by molar-refractivity contribution is 0.102. The summed E-state index contributed by atoms with van der Waals surface area (Å²) in [7, 11) is 0. The van der Waals surface area contributed by atoms with E-state index in [0.29, 0.717) is 17.1 Å². The van der Waals surface area contributed by atoms with E-state index in [1.807, 2.05) is 61.7 Å². The zero-order chi connectivity index (χ0) is 21.3. The molecule has 0 bridgehead atoms. The highest BCUT2D eigenvalue weighted by Crippen LogP contribution is 2.25. The molecule has 152 valence electrons. The number of aromatic nitrogens is 5. The Morgan fingerprint density at radius 1 is 1.07 bits per heavy atom. The van der Waals surface area contributed by atoms with Crippen LogP contribution in [-0.2, 0) is 5.41 Å². The van der Waals surface area contributed by atoms with Gasteiger partial charge in [-0.15, -0.1) is 5.10 Å². The van der Waals surface area contributed by atoms with E-state index in [0.717, 1.165) is 22.5 Å². The molecule has 7 nitrogen and oxygen atoms in total. The average molecular weight is 400 g/mol. The van der Waals surface area contributed by atoms with Crippen LogP contribution in [0, 0.1) is 6.92 Å². The minimum Gasteiger partial charge on any atom is -0.305 e. The van der Waals surface area contributed by atoms with Crippen LogP contribution in [0.5, 0.6) is 0 Å². The summed E-state index contributed by atoms with van der Waals surface area (Å²) in [6, 6.07) is 17.2. The van der Waals surface area contributed by atoms with Gasteiger partial charge in [0.05, 0.1) is 11.9 Å². The molecule has 0 fully saturated rings. The van der Waals surface area contributed by atoms with Gasteiger partial charge in [0, 0.05) is 28.3 Å². The number of amides is 1. The van der Waals surface area contributed by atoms with Crippen LogP contribution in [0.15, 0.2) is 60.8 Å². The maximum absolute atomic E-state index is 12.8. The highest BCUT2D eigenvalue weighted by Gasteiger charge is 2.18. The van der Waals surface area contributed by atoms with Crippen molar-refractivity contribution in [2.75, 3.05) is 5.32 Å². The molecule has 2 aromatic carbocycles. The van der Waals surface area contributed by atoms with Gasteiger partial charge < -0.3 is 5.32 Å². The van der Waals surface area contributed by atoms with Gasteiger partial charge in [-0.1, -0.05) is 50.3 Å². The molecule has 7 heteroatoms. The van der Waals surface area contributed by atoms with Crippen molar-refractivity contribution in [1.82, 2.24) is 25.2 Å². The van der Waals surface area contributed by atoms with Crippen molar-refractivity contribution in [2.24, 2.45) is 0 Å². The number of rotatable bonds is 4. The second-order valence-electron chi connectivity index (χ2n) is 8.28. The molecule has 0 aliphatic rings. The van der Waals surface area contributed by atoms with Crippen LogP contribution < -0.4 is 5.32 Å². The summed E-state index contributed by atoms with van der Waals surface area (Å²) in [5.74, 6) is 0.278. The molecule has 0 atom stereocenters. The molecule has 0 aliphatic carbocycles. The van der Waals surface area contributed by atoms with Crippen LogP contribution in [-0.4, -0.2) is 31.1 Å². The number of H-pyrrole nitrogens is 1. The number of benzene rings is 2. The first-order chi connectivity index (χ1) is 14.3. The van der Waals surface area contributed by atoms with Gasteiger partial charge in [-0.2, -0.15) is 5.10 Å². The van der Waals surface area contributed by atoms with Crippen molar-refractivity contribution in [1.29, 1.82) is 0 Å². The molecular weight excluding hydrogens is 376 g/mol. The molecule has 30 heavy (non-hydrogen) atoms. The number of hydrogen-bond acceptors (Lipinski definition) is 4. The van der Waals surface area contributed by atoms with E-state index in [4.69, 9.17) is 0 Å². The third-order valence-electron chi connectivity index (χ3n) is 4.92. The Balaban J connectivity index is 1.58. The van der Waals surface area contributed by atoms with Crippen LogP contribution >= 0.6 is 0 Å². The zero-order valence-corrected chi connectivity index (χ0v) is 17.5. The number of aromatic amines is 1. The second kappa shape index (κ2) is 7.59. The highest BCUT2D eigenvalue weighted by atomic mass is 16.1. The van der Waals surface area contributed by atoms with Crippen molar-refractivity contribution in [3.05, 3.63) is 77.6 Å². The first-order valence-corrected chi connectivity index (χ1v) is 9.77. The number of para-hydroxylation sites is 1. The molecule has 4 aromatic rings. The molecule has 0 radical (unpaired) electrons. The molecule has 2 aromatic heterocycles. The Morgan fingerprint density at radius 3 is 2.53 bits per heavy atom. The fourth-order valence-electron chi connectivity index (χ4n) is 3.09. The lowest BCUT2D eigenvalue weighted by Crippen LogP contribution is -2.13. The Bertz CT molecular complexity index is 1180. The Morgan fingerprint density at radius 2 is 1.83 bits per heavy atom. The van der Waals surface area contributed by atoms with Crippen LogP contribution in [0.3, 0.4) is 0 Å². The number of nitrogens with one attached hydrogen (secondary N) is 2. The Hall–Kier alpha value is -3.74. The molecule has 0 saturated heterocycles. The zero-order valence-electron chi connectivity index (χ0n) is 17.5. The van der Waals surface area contributed by atoms with Crippen LogP contribution in [0.1, 0.15) is 42.4 Å². The van der Waals surface area contributed by atoms with Crippen molar-refractivity contribution in [3.63, 3.8) is 0 Å². The molecule has 4 rings (SSSR count). The van der Waals surface area contributed by atoms with E-state index in [-0.39, 0.29) is 11.3 Å². The van der Waals surface area contributed by atoms with E-state index >= 15 is 0 Å². The minimum atomic E-state index is -0.223. The second-order valence-corrected chi connectivity index (χ2v) is 8.28. The van der Waals surface area contributed by atoms with Crippen LogP contribution in [0.25, 0.3) is 16.9 Å².